The van der Waals surface area contributed by atoms with E-state index in [1.165, 1.54) is 12.8 Å². The number of anilines is 1. The van der Waals surface area contributed by atoms with Crippen molar-refractivity contribution >= 4 is 42.3 Å². The average Bonchev–Trinajstić information content (AvgIpc) is 3.59. The first-order valence-electron chi connectivity index (χ1n) is 10.5. The molecule has 0 unspecified atom stereocenters. The van der Waals surface area contributed by atoms with Crippen molar-refractivity contribution in [3.63, 3.8) is 0 Å². The highest BCUT2D eigenvalue weighted by atomic mass is 35.5. The molecule has 0 spiro atoms. The summed E-state index contributed by atoms with van der Waals surface area (Å²) in [6, 6.07) is 9.41. The number of aromatic nitrogens is 1. The molecule has 31 heavy (non-hydrogen) atoms. The smallest absolute Gasteiger partial charge is 0.255 e. The summed E-state index contributed by atoms with van der Waals surface area (Å²) in [5, 5.41) is 6.58. The Bertz CT molecular complexity index is 882. The molecule has 2 aliphatic rings. The number of para-hydroxylation sites is 1. The van der Waals surface area contributed by atoms with Gasteiger partial charge in [0.05, 0.1) is 11.3 Å². The molecule has 1 aromatic heterocycles. The minimum atomic E-state index is -0.237. The fourth-order valence-corrected chi connectivity index (χ4v) is 3.81. The number of carbonyl (C=O) groups is 2. The molecule has 0 atom stereocenters. The molecule has 1 aliphatic carbocycles. The van der Waals surface area contributed by atoms with Crippen molar-refractivity contribution in [1.82, 2.24) is 15.2 Å². The van der Waals surface area contributed by atoms with Crippen molar-refractivity contribution in [3.8, 4) is 0 Å². The molecule has 2 amide bonds. The van der Waals surface area contributed by atoms with Crippen LogP contribution in [0.3, 0.4) is 0 Å². The maximum atomic E-state index is 13.2. The molecule has 2 aromatic rings. The zero-order valence-corrected chi connectivity index (χ0v) is 19.3. The van der Waals surface area contributed by atoms with E-state index in [1.807, 2.05) is 24.0 Å². The quantitative estimate of drug-likeness (QED) is 0.674. The Morgan fingerprint density at radius 1 is 1.03 bits per heavy atom. The summed E-state index contributed by atoms with van der Waals surface area (Å²) in [6.45, 7) is 4.51. The molecular weight excluding hydrogens is 435 g/mol. The van der Waals surface area contributed by atoms with Crippen LogP contribution in [0, 0.1) is 12.8 Å². The molecule has 1 saturated carbocycles. The van der Waals surface area contributed by atoms with E-state index in [1.54, 1.807) is 30.6 Å². The number of carbonyl (C=O) groups excluding carboxylic acids is 2. The molecule has 2 N–H and O–H groups in total. The van der Waals surface area contributed by atoms with Crippen molar-refractivity contribution in [2.24, 2.45) is 5.92 Å². The van der Waals surface area contributed by atoms with Gasteiger partial charge in [0.2, 0.25) is 0 Å². The number of aryl methyl sites for hydroxylation is 1. The Morgan fingerprint density at radius 2 is 1.71 bits per heavy atom. The number of amides is 2. The van der Waals surface area contributed by atoms with Gasteiger partial charge in [0.15, 0.2) is 0 Å². The van der Waals surface area contributed by atoms with Crippen LogP contribution in [-0.2, 0) is 0 Å². The third-order valence-corrected chi connectivity index (χ3v) is 5.86. The molecule has 1 aromatic carbocycles. The van der Waals surface area contributed by atoms with Gasteiger partial charge in [0.25, 0.3) is 11.8 Å². The first-order valence-corrected chi connectivity index (χ1v) is 10.5. The first kappa shape index (κ1) is 25.1. The number of benzene rings is 1. The van der Waals surface area contributed by atoms with Crippen LogP contribution < -0.4 is 10.6 Å². The molecule has 0 bridgehead atoms. The lowest BCUT2D eigenvalue weighted by Gasteiger charge is -2.33. The summed E-state index contributed by atoms with van der Waals surface area (Å²) >= 11 is 0. The largest absolute Gasteiger partial charge is 0.338 e. The molecule has 6 nitrogen and oxygen atoms in total. The molecule has 2 fully saturated rings. The Hall–Kier alpha value is -2.15. The fraction of sp³-hybridized carbons (Fsp3) is 0.435. The Balaban J connectivity index is 0.00000171. The van der Waals surface area contributed by atoms with E-state index in [2.05, 4.69) is 15.6 Å². The minimum absolute atomic E-state index is 0. The normalized spacial score (nSPS) is 16.1. The van der Waals surface area contributed by atoms with Crippen LogP contribution in [0.2, 0.25) is 0 Å². The standard InChI is InChI=1S/C23H28N4O2.2ClH/c1-16-3-2-4-20(21(16)26-22(28)18-7-11-24-12-8-18)23(29)27-13-9-19(10-14-27)25-15-17-5-6-17;;/h2-4,7-8,11-12,17,19,25H,5-6,9-10,13-15H2,1H3,(H,26,28);2*1H. The third-order valence-electron chi connectivity index (χ3n) is 5.86. The number of nitrogens with zero attached hydrogens (tertiary/aromatic N) is 2. The molecular formula is C23H30Cl2N4O2. The van der Waals surface area contributed by atoms with E-state index in [0.29, 0.717) is 22.9 Å². The van der Waals surface area contributed by atoms with E-state index in [-0.39, 0.29) is 36.6 Å². The lowest BCUT2D eigenvalue weighted by molar-refractivity contribution is 0.0706. The van der Waals surface area contributed by atoms with E-state index in [9.17, 15) is 9.59 Å². The fourth-order valence-electron chi connectivity index (χ4n) is 3.81. The van der Waals surface area contributed by atoms with Crippen molar-refractivity contribution in [2.45, 2.75) is 38.6 Å². The zero-order chi connectivity index (χ0) is 20.2. The Labute approximate surface area is 196 Å². The van der Waals surface area contributed by atoms with Gasteiger partial charge in [-0.2, -0.15) is 0 Å². The third kappa shape index (κ3) is 6.42. The van der Waals surface area contributed by atoms with Crippen LogP contribution in [0.15, 0.2) is 42.7 Å². The molecule has 8 heteroatoms. The maximum absolute atomic E-state index is 13.2. The van der Waals surface area contributed by atoms with Crippen LogP contribution in [0.25, 0.3) is 0 Å². The summed E-state index contributed by atoms with van der Waals surface area (Å²) < 4.78 is 0. The summed E-state index contributed by atoms with van der Waals surface area (Å²) in [5.41, 5.74) is 2.54. The number of halogens is 2. The highest BCUT2D eigenvalue weighted by molar-refractivity contribution is 6.09. The molecule has 0 radical (unpaired) electrons. The second kappa shape index (κ2) is 11.5. The van der Waals surface area contributed by atoms with Crippen molar-refractivity contribution < 1.29 is 9.59 Å². The number of piperidine rings is 1. The summed E-state index contributed by atoms with van der Waals surface area (Å²) in [6.07, 6.45) is 7.82. The van der Waals surface area contributed by atoms with Gasteiger partial charge in [-0.3, -0.25) is 14.6 Å². The second-order valence-corrected chi connectivity index (χ2v) is 8.11. The zero-order valence-electron chi connectivity index (χ0n) is 17.7. The monoisotopic (exact) mass is 464 g/mol. The van der Waals surface area contributed by atoms with Crippen LogP contribution in [0.5, 0.6) is 0 Å². The van der Waals surface area contributed by atoms with Gasteiger partial charge in [0, 0.05) is 37.1 Å². The van der Waals surface area contributed by atoms with Gasteiger partial charge >= 0.3 is 0 Å². The second-order valence-electron chi connectivity index (χ2n) is 8.11. The van der Waals surface area contributed by atoms with E-state index in [4.69, 9.17) is 0 Å². The van der Waals surface area contributed by atoms with Gasteiger partial charge in [-0.15, -0.1) is 24.8 Å². The van der Waals surface area contributed by atoms with Gasteiger partial charge in [0.1, 0.15) is 0 Å². The number of hydrogen-bond acceptors (Lipinski definition) is 4. The van der Waals surface area contributed by atoms with Gasteiger partial charge < -0.3 is 15.5 Å². The number of pyridine rings is 1. The highest BCUT2D eigenvalue weighted by Crippen LogP contribution is 2.28. The molecule has 2 heterocycles. The SMILES string of the molecule is Cc1cccc(C(=O)N2CCC(NCC3CC3)CC2)c1NC(=O)c1ccncc1.Cl.Cl. The number of likely N-dealkylation sites (tertiary alicyclic amines) is 1. The van der Waals surface area contributed by atoms with Crippen molar-refractivity contribution in [3.05, 3.63) is 59.4 Å². The number of nitrogens with one attached hydrogen (secondary N) is 2. The summed E-state index contributed by atoms with van der Waals surface area (Å²) in [5.74, 6) is 0.617. The summed E-state index contributed by atoms with van der Waals surface area (Å²) in [4.78, 5) is 31.7. The Morgan fingerprint density at radius 3 is 2.35 bits per heavy atom. The van der Waals surface area contributed by atoms with Crippen LogP contribution >= 0.6 is 24.8 Å². The average molecular weight is 465 g/mol. The van der Waals surface area contributed by atoms with Crippen LogP contribution in [0.4, 0.5) is 5.69 Å². The summed E-state index contributed by atoms with van der Waals surface area (Å²) in [7, 11) is 0. The minimum Gasteiger partial charge on any atom is -0.338 e. The topological polar surface area (TPSA) is 74.3 Å². The van der Waals surface area contributed by atoms with E-state index >= 15 is 0 Å². The predicted octanol–water partition coefficient (Wildman–Crippen LogP) is 4.09. The lowest BCUT2D eigenvalue weighted by Crippen LogP contribution is -2.45. The van der Waals surface area contributed by atoms with E-state index < -0.39 is 0 Å². The highest BCUT2D eigenvalue weighted by Gasteiger charge is 2.27. The maximum Gasteiger partial charge on any atom is 0.255 e. The van der Waals surface area contributed by atoms with Crippen molar-refractivity contribution in [2.75, 3.05) is 25.0 Å². The van der Waals surface area contributed by atoms with Crippen LogP contribution in [-0.4, -0.2) is 47.4 Å². The van der Waals surface area contributed by atoms with Gasteiger partial charge in [-0.1, -0.05) is 12.1 Å². The molecule has 168 valence electrons. The predicted molar refractivity (Wildman–Crippen MR) is 128 cm³/mol. The number of rotatable bonds is 6. The van der Waals surface area contributed by atoms with Crippen LogP contribution in [0.1, 0.15) is 52.0 Å². The van der Waals surface area contributed by atoms with E-state index in [0.717, 1.165) is 44.0 Å². The molecule has 4 rings (SSSR count). The van der Waals surface area contributed by atoms with Crippen molar-refractivity contribution in [1.29, 1.82) is 0 Å². The van der Waals surface area contributed by atoms with Gasteiger partial charge in [-0.05, 0) is 68.8 Å². The molecule has 1 saturated heterocycles. The Kier molecular flexibility index (Phi) is 9.29. The lowest BCUT2D eigenvalue weighted by atomic mass is 10.0. The van der Waals surface area contributed by atoms with Gasteiger partial charge in [-0.25, -0.2) is 0 Å². The first-order chi connectivity index (χ1) is 14.1. The molecule has 1 aliphatic heterocycles. The number of hydrogen-bond donors (Lipinski definition) is 2.